The first-order valence-corrected chi connectivity index (χ1v) is 20.0. The minimum Gasteiger partial charge on any atom is -0.462 e. The van der Waals surface area contributed by atoms with Crippen molar-refractivity contribution in [3.05, 3.63) is 37.0 Å². The Morgan fingerprint density at radius 2 is 0.792 bits per heavy atom. The lowest BCUT2D eigenvalue weighted by Crippen LogP contribution is -2.30. The molecule has 0 aromatic carbocycles. The van der Waals surface area contributed by atoms with E-state index < -0.39 is 12.1 Å². The third-order valence-corrected chi connectivity index (χ3v) is 8.60. The number of unbranched alkanes of at least 4 members (excludes halogenated alkanes) is 22. The molecule has 0 saturated carbocycles. The Morgan fingerprint density at radius 3 is 1.12 bits per heavy atom. The van der Waals surface area contributed by atoms with E-state index in [9.17, 15) is 14.4 Å². The summed E-state index contributed by atoms with van der Waals surface area (Å²) in [5.41, 5.74) is 0. The molecule has 0 rings (SSSR count). The molecule has 0 aliphatic heterocycles. The maximum Gasteiger partial charge on any atom is 0.330 e. The second-order valence-electron chi connectivity index (χ2n) is 13.3. The summed E-state index contributed by atoms with van der Waals surface area (Å²) < 4.78 is 15.9. The number of hydrogen-bond acceptors (Lipinski definition) is 6. The average molecular weight is 675 g/mol. The van der Waals surface area contributed by atoms with Gasteiger partial charge in [-0.25, -0.2) is 4.79 Å². The van der Waals surface area contributed by atoms with Crippen molar-refractivity contribution in [2.45, 2.75) is 200 Å². The molecule has 0 amide bonds. The first kappa shape index (κ1) is 45.6. The number of allylic oxidation sites excluding steroid dienone is 4. The fourth-order valence-electron chi connectivity index (χ4n) is 5.52. The lowest BCUT2D eigenvalue weighted by molar-refractivity contribution is -0.163. The van der Waals surface area contributed by atoms with Crippen molar-refractivity contribution in [1.82, 2.24) is 0 Å². The number of carbonyl (C=O) groups is 3. The van der Waals surface area contributed by atoms with Gasteiger partial charge in [-0.15, -0.1) is 0 Å². The zero-order valence-electron chi connectivity index (χ0n) is 31.3. The molecule has 6 nitrogen and oxygen atoms in total. The van der Waals surface area contributed by atoms with Crippen LogP contribution in [0.15, 0.2) is 37.0 Å². The van der Waals surface area contributed by atoms with Crippen LogP contribution in [0, 0.1) is 0 Å². The van der Waals surface area contributed by atoms with E-state index in [4.69, 9.17) is 14.2 Å². The second-order valence-corrected chi connectivity index (χ2v) is 13.3. The van der Waals surface area contributed by atoms with Gasteiger partial charge in [0.1, 0.15) is 13.2 Å². The summed E-state index contributed by atoms with van der Waals surface area (Å²) in [7, 11) is 0. The van der Waals surface area contributed by atoms with Gasteiger partial charge in [-0.3, -0.25) is 9.59 Å². The van der Waals surface area contributed by atoms with Crippen LogP contribution in [0.3, 0.4) is 0 Å². The van der Waals surface area contributed by atoms with Crippen molar-refractivity contribution in [2.75, 3.05) is 13.2 Å². The third kappa shape index (κ3) is 35.0. The first-order chi connectivity index (χ1) is 23.5. The van der Waals surface area contributed by atoms with E-state index in [2.05, 4.69) is 44.7 Å². The Morgan fingerprint density at radius 1 is 0.479 bits per heavy atom. The lowest BCUT2D eigenvalue weighted by atomic mass is 10.1. The Bertz CT molecular complexity index is 761. The van der Waals surface area contributed by atoms with E-state index >= 15 is 0 Å². The van der Waals surface area contributed by atoms with E-state index in [-0.39, 0.29) is 25.2 Å². The number of esters is 3. The van der Waals surface area contributed by atoms with Gasteiger partial charge in [0.05, 0.1) is 0 Å². The zero-order valence-corrected chi connectivity index (χ0v) is 31.3. The summed E-state index contributed by atoms with van der Waals surface area (Å²) >= 11 is 0. The normalized spacial score (nSPS) is 11.5. The maximum absolute atomic E-state index is 12.2. The fraction of sp³-hybridized carbons (Fsp3) is 0.786. The monoisotopic (exact) mass is 675 g/mol. The standard InChI is InChI=1S/C42H74O6/c1-4-7-9-11-13-15-17-19-21-23-25-27-29-31-33-35-41(44)46-37-39(48-40(43)6-3)38-47-42(45)36-34-32-30-28-26-24-22-20-18-16-14-12-10-8-5-2/h6,19-22,39H,3-5,7-18,23-38H2,1-2H3/b21-19-,22-20-. The van der Waals surface area contributed by atoms with Crippen LogP contribution in [0.5, 0.6) is 0 Å². The van der Waals surface area contributed by atoms with E-state index in [1.54, 1.807) is 0 Å². The molecular formula is C42H74O6. The van der Waals surface area contributed by atoms with Gasteiger partial charge < -0.3 is 14.2 Å². The molecule has 0 aromatic heterocycles. The molecule has 0 aliphatic carbocycles. The first-order valence-electron chi connectivity index (χ1n) is 20.0. The van der Waals surface area contributed by atoms with Crippen LogP contribution >= 0.6 is 0 Å². The van der Waals surface area contributed by atoms with Crippen LogP contribution in [0.4, 0.5) is 0 Å². The molecule has 0 atom stereocenters. The Hall–Kier alpha value is -2.37. The molecule has 0 heterocycles. The Kier molecular flexibility index (Phi) is 35.6. The lowest BCUT2D eigenvalue weighted by Gasteiger charge is -2.17. The van der Waals surface area contributed by atoms with Crippen molar-refractivity contribution >= 4 is 17.9 Å². The van der Waals surface area contributed by atoms with Crippen LogP contribution in [-0.2, 0) is 28.6 Å². The molecule has 0 N–H and O–H groups in total. The molecule has 0 fully saturated rings. The van der Waals surface area contributed by atoms with Gasteiger partial charge in [0.25, 0.3) is 0 Å². The second kappa shape index (κ2) is 37.4. The molecule has 278 valence electrons. The molecule has 6 heteroatoms. The highest BCUT2D eigenvalue weighted by atomic mass is 16.6. The predicted molar refractivity (Wildman–Crippen MR) is 201 cm³/mol. The minimum atomic E-state index is -0.841. The van der Waals surface area contributed by atoms with Crippen molar-refractivity contribution in [2.24, 2.45) is 0 Å². The van der Waals surface area contributed by atoms with E-state index in [0.717, 1.165) is 57.4 Å². The van der Waals surface area contributed by atoms with Gasteiger partial charge in [0, 0.05) is 18.9 Å². The predicted octanol–water partition coefficient (Wildman–Crippen LogP) is 12.2. The molecule has 48 heavy (non-hydrogen) atoms. The topological polar surface area (TPSA) is 78.9 Å². The van der Waals surface area contributed by atoms with Crippen molar-refractivity contribution < 1.29 is 28.6 Å². The SMILES string of the molecule is C=CC(=O)OC(COC(=O)CCCCCCC/C=C\CCCCCCCC)COC(=O)CCCCCCC/C=C\CCCCCCCC. The van der Waals surface area contributed by atoms with E-state index in [1.807, 2.05) is 0 Å². The van der Waals surface area contributed by atoms with E-state index in [0.29, 0.717) is 12.8 Å². The molecule has 0 unspecified atom stereocenters. The summed E-state index contributed by atoms with van der Waals surface area (Å²) in [6.45, 7) is 7.65. The molecule has 0 aliphatic rings. The fourth-order valence-corrected chi connectivity index (χ4v) is 5.52. The maximum atomic E-state index is 12.2. The average Bonchev–Trinajstić information content (AvgIpc) is 3.09. The van der Waals surface area contributed by atoms with E-state index in [1.165, 1.54) is 116 Å². The van der Waals surface area contributed by atoms with Crippen molar-refractivity contribution in [1.29, 1.82) is 0 Å². The Balaban J connectivity index is 3.87. The van der Waals surface area contributed by atoms with Crippen LogP contribution in [0.25, 0.3) is 0 Å². The molecule has 0 aromatic rings. The highest BCUT2D eigenvalue weighted by molar-refractivity contribution is 5.81. The zero-order chi connectivity index (χ0) is 35.2. The minimum absolute atomic E-state index is 0.135. The van der Waals surface area contributed by atoms with Crippen LogP contribution in [0.1, 0.15) is 194 Å². The summed E-state index contributed by atoms with van der Waals surface area (Å²) in [6, 6.07) is 0. The smallest absolute Gasteiger partial charge is 0.330 e. The highest BCUT2D eigenvalue weighted by Gasteiger charge is 2.18. The third-order valence-electron chi connectivity index (χ3n) is 8.60. The number of hydrogen-bond donors (Lipinski definition) is 0. The van der Waals surface area contributed by atoms with Gasteiger partial charge in [0.15, 0.2) is 6.10 Å². The van der Waals surface area contributed by atoms with Crippen LogP contribution in [-0.4, -0.2) is 37.2 Å². The summed E-state index contributed by atoms with van der Waals surface area (Å²) in [4.78, 5) is 36.2. The summed E-state index contributed by atoms with van der Waals surface area (Å²) in [5.74, 6) is -1.29. The summed E-state index contributed by atoms with van der Waals surface area (Å²) in [5, 5.41) is 0. The summed E-state index contributed by atoms with van der Waals surface area (Å²) in [6.07, 6.45) is 41.3. The van der Waals surface area contributed by atoms with Gasteiger partial charge >= 0.3 is 17.9 Å². The van der Waals surface area contributed by atoms with Gasteiger partial charge in [-0.1, -0.05) is 147 Å². The highest BCUT2D eigenvalue weighted by Crippen LogP contribution is 2.12. The molecule has 0 saturated heterocycles. The largest absolute Gasteiger partial charge is 0.462 e. The molecule has 0 bridgehead atoms. The molecular weight excluding hydrogens is 600 g/mol. The molecule has 0 radical (unpaired) electrons. The van der Waals surface area contributed by atoms with Gasteiger partial charge in [-0.2, -0.15) is 0 Å². The number of rotatable bonds is 36. The molecule has 0 spiro atoms. The Labute approximate surface area is 295 Å². The van der Waals surface area contributed by atoms with Gasteiger partial charge in [-0.05, 0) is 64.2 Å². The van der Waals surface area contributed by atoms with Gasteiger partial charge in [0.2, 0.25) is 0 Å². The number of ether oxygens (including phenoxy) is 3. The van der Waals surface area contributed by atoms with Crippen molar-refractivity contribution in [3.8, 4) is 0 Å². The van der Waals surface area contributed by atoms with Crippen molar-refractivity contribution in [3.63, 3.8) is 0 Å². The number of carbonyl (C=O) groups excluding carboxylic acids is 3. The van der Waals surface area contributed by atoms with Crippen LogP contribution < -0.4 is 0 Å². The quantitative estimate of drug-likeness (QED) is 0.0216. The van der Waals surface area contributed by atoms with Crippen LogP contribution in [0.2, 0.25) is 0 Å².